The molecule has 0 saturated carbocycles. The minimum absolute atomic E-state index is 0.136. The number of rotatable bonds is 5. The zero-order chi connectivity index (χ0) is 19.6. The van der Waals surface area contributed by atoms with Crippen molar-refractivity contribution in [2.45, 2.75) is 45.4 Å². The van der Waals surface area contributed by atoms with Gasteiger partial charge in [0.25, 0.3) is 5.91 Å². The fraction of sp³-hybridized carbons (Fsp3) is 0.364. The number of amides is 2. The van der Waals surface area contributed by atoms with E-state index < -0.39 is 6.04 Å². The monoisotopic (exact) mass is 366 g/mol. The van der Waals surface area contributed by atoms with Crippen molar-refractivity contribution >= 4 is 11.8 Å². The quantitative estimate of drug-likeness (QED) is 0.880. The lowest BCUT2D eigenvalue weighted by Crippen LogP contribution is -2.48. The van der Waals surface area contributed by atoms with Crippen LogP contribution in [0, 0.1) is 0 Å². The summed E-state index contributed by atoms with van der Waals surface area (Å²) in [6.45, 7) is 8.02. The first-order valence-electron chi connectivity index (χ1n) is 9.20. The number of benzene rings is 2. The maximum absolute atomic E-state index is 13.0. The smallest absolute Gasteiger partial charge is 0.255 e. The van der Waals surface area contributed by atoms with Crippen LogP contribution >= 0.6 is 0 Å². The van der Waals surface area contributed by atoms with Gasteiger partial charge in [-0.1, -0.05) is 36.4 Å². The van der Waals surface area contributed by atoms with Gasteiger partial charge in [-0.25, -0.2) is 0 Å². The topological polar surface area (TPSA) is 58.6 Å². The molecule has 5 nitrogen and oxygen atoms in total. The van der Waals surface area contributed by atoms with Crippen molar-refractivity contribution in [1.29, 1.82) is 0 Å². The molecule has 2 amide bonds. The first-order valence-corrected chi connectivity index (χ1v) is 9.20. The molecule has 0 saturated heterocycles. The van der Waals surface area contributed by atoms with E-state index in [4.69, 9.17) is 4.74 Å². The van der Waals surface area contributed by atoms with Crippen LogP contribution in [0.1, 0.15) is 49.7 Å². The Balaban J connectivity index is 1.83. The summed E-state index contributed by atoms with van der Waals surface area (Å²) in [6.07, 6.45) is -0.254. The molecule has 0 radical (unpaired) electrons. The van der Waals surface area contributed by atoms with E-state index in [1.807, 2.05) is 76.2 Å². The van der Waals surface area contributed by atoms with Crippen molar-refractivity contribution in [3.05, 3.63) is 65.7 Å². The van der Waals surface area contributed by atoms with Gasteiger partial charge >= 0.3 is 0 Å². The van der Waals surface area contributed by atoms with Gasteiger partial charge in [0.2, 0.25) is 5.91 Å². The maximum Gasteiger partial charge on any atom is 0.255 e. The van der Waals surface area contributed by atoms with Gasteiger partial charge in [-0.2, -0.15) is 0 Å². The molecule has 1 aliphatic rings. The van der Waals surface area contributed by atoms with E-state index in [-0.39, 0.29) is 23.5 Å². The van der Waals surface area contributed by atoms with Crippen molar-refractivity contribution in [3.63, 3.8) is 0 Å². The highest BCUT2D eigenvalue weighted by atomic mass is 16.5. The van der Waals surface area contributed by atoms with Crippen molar-refractivity contribution in [3.8, 4) is 5.75 Å². The highest BCUT2D eigenvalue weighted by molar-refractivity contribution is 6.04. The van der Waals surface area contributed by atoms with Crippen molar-refractivity contribution in [1.82, 2.24) is 10.2 Å². The van der Waals surface area contributed by atoms with E-state index in [9.17, 15) is 9.59 Å². The zero-order valence-corrected chi connectivity index (χ0v) is 16.2. The number of carbonyl (C=O) groups is 2. The summed E-state index contributed by atoms with van der Waals surface area (Å²) in [5, 5.41) is 3.00. The summed E-state index contributed by atoms with van der Waals surface area (Å²) in [4.78, 5) is 27.5. The van der Waals surface area contributed by atoms with Crippen LogP contribution in [0.4, 0.5) is 0 Å². The van der Waals surface area contributed by atoms with Crippen molar-refractivity contribution in [2.75, 3.05) is 6.54 Å². The van der Waals surface area contributed by atoms with Gasteiger partial charge < -0.3 is 15.0 Å². The Morgan fingerprint density at radius 3 is 2.41 bits per heavy atom. The fourth-order valence-electron chi connectivity index (χ4n) is 3.32. The summed E-state index contributed by atoms with van der Waals surface area (Å²) >= 11 is 0. The van der Waals surface area contributed by atoms with Crippen LogP contribution in [0.15, 0.2) is 54.6 Å². The van der Waals surface area contributed by atoms with E-state index >= 15 is 0 Å². The highest BCUT2D eigenvalue weighted by Gasteiger charge is 2.42. The molecule has 27 heavy (non-hydrogen) atoms. The van der Waals surface area contributed by atoms with Crippen LogP contribution in [-0.2, 0) is 4.79 Å². The van der Waals surface area contributed by atoms with Gasteiger partial charge in [0, 0.05) is 11.1 Å². The Labute approximate surface area is 160 Å². The van der Waals surface area contributed by atoms with Gasteiger partial charge in [0.1, 0.15) is 17.9 Å². The summed E-state index contributed by atoms with van der Waals surface area (Å²) in [5.41, 5.74) is 0.949. The number of carbonyl (C=O) groups excluding carboxylic acids is 2. The standard InChI is InChI=1S/C22H26N2O3/c1-15(27-16-10-6-5-7-11-16)14-24-19(20(25)23-22(2,3)4)17-12-8-9-13-18(17)21(24)26/h5-13,15,19H,14H2,1-4H3,(H,23,25). The third-order valence-corrected chi connectivity index (χ3v) is 4.34. The lowest BCUT2D eigenvalue weighted by molar-refractivity contribution is -0.127. The van der Waals surface area contributed by atoms with Crippen LogP contribution < -0.4 is 10.1 Å². The normalized spacial score (nSPS) is 17.4. The SMILES string of the molecule is CC(CN1C(=O)c2ccccc2C1C(=O)NC(C)(C)C)Oc1ccccc1. The van der Waals surface area contributed by atoms with E-state index in [1.54, 1.807) is 11.0 Å². The first-order chi connectivity index (χ1) is 12.8. The largest absolute Gasteiger partial charge is 0.489 e. The summed E-state index contributed by atoms with van der Waals surface area (Å²) in [6, 6.07) is 16.1. The number of ether oxygens (including phenoxy) is 1. The number of nitrogens with one attached hydrogen (secondary N) is 1. The molecule has 0 aliphatic carbocycles. The van der Waals surface area contributed by atoms with Crippen LogP contribution in [0.5, 0.6) is 5.75 Å². The number of para-hydroxylation sites is 1. The van der Waals surface area contributed by atoms with Gasteiger partial charge in [0.05, 0.1) is 6.54 Å². The van der Waals surface area contributed by atoms with Gasteiger partial charge in [-0.3, -0.25) is 9.59 Å². The predicted molar refractivity (Wildman–Crippen MR) is 105 cm³/mol. The van der Waals surface area contributed by atoms with Gasteiger partial charge in [0.15, 0.2) is 0 Å². The minimum atomic E-state index is -0.644. The lowest BCUT2D eigenvalue weighted by Gasteiger charge is -2.30. The molecule has 3 rings (SSSR count). The molecule has 0 spiro atoms. The fourth-order valence-corrected chi connectivity index (χ4v) is 3.32. The lowest BCUT2D eigenvalue weighted by atomic mass is 10.0. The molecule has 1 N–H and O–H groups in total. The molecule has 2 aromatic carbocycles. The molecule has 5 heteroatoms. The predicted octanol–water partition coefficient (Wildman–Crippen LogP) is 3.57. The maximum atomic E-state index is 13.0. The average molecular weight is 366 g/mol. The first kappa shape index (κ1) is 19.0. The second-order valence-corrected chi connectivity index (χ2v) is 7.93. The van der Waals surface area contributed by atoms with Crippen LogP contribution in [0.25, 0.3) is 0 Å². The van der Waals surface area contributed by atoms with Crippen LogP contribution in [0.3, 0.4) is 0 Å². The number of nitrogens with zero attached hydrogens (tertiary/aromatic N) is 1. The van der Waals surface area contributed by atoms with Crippen molar-refractivity contribution in [2.24, 2.45) is 0 Å². The molecule has 0 bridgehead atoms. The highest BCUT2D eigenvalue weighted by Crippen LogP contribution is 2.34. The number of fused-ring (bicyclic) bond motifs is 1. The third-order valence-electron chi connectivity index (χ3n) is 4.34. The minimum Gasteiger partial charge on any atom is -0.489 e. The molecule has 2 aromatic rings. The van der Waals surface area contributed by atoms with Crippen LogP contribution in [0.2, 0.25) is 0 Å². The molecule has 1 heterocycles. The van der Waals surface area contributed by atoms with E-state index in [0.29, 0.717) is 12.1 Å². The molecule has 1 aliphatic heterocycles. The summed E-state index contributed by atoms with van der Waals surface area (Å²) in [7, 11) is 0. The summed E-state index contributed by atoms with van der Waals surface area (Å²) in [5.74, 6) is 0.431. The van der Waals surface area contributed by atoms with E-state index in [0.717, 1.165) is 11.3 Å². The Kier molecular flexibility index (Phi) is 5.22. The summed E-state index contributed by atoms with van der Waals surface area (Å²) < 4.78 is 5.93. The Morgan fingerprint density at radius 2 is 1.74 bits per heavy atom. The molecular formula is C22H26N2O3. The third kappa shape index (κ3) is 4.30. The molecule has 0 fully saturated rings. The Bertz CT molecular complexity index is 827. The molecule has 0 aromatic heterocycles. The average Bonchev–Trinajstić information content (AvgIpc) is 2.87. The van der Waals surface area contributed by atoms with Gasteiger partial charge in [-0.05, 0) is 51.5 Å². The van der Waals surface area contributed by atoms with E-state index in [1.165, 1.54) is 0 Å². The number of hydrogen-bond donors (Lipinski definition) is 1. The number of hydrogen-bond acceptors (Lipinski definition) is 3. The molecule has 2 atom stereocenters. The van der Waals surface area contributed by atoms with E-state index in [2.05, 4.69) is 5.32 Å². The zero-order valence-electron chi connectivity index (χ0n) is 16.2. The van der Waals surface area contributed by atoms with Crippen LogP contribution in [-0.4, -0.2) is 34.9 Å². The Morgan fingerprint density at radius 1 is 1.11 bits per heavy atom. The second kappa shape index (κ2) is 7.43. The molecule has 142 valence electrons. The van der Waals surface area contributed by atoms with Crippen molar-refractivity contribution < 1.29 is 14.3 Å². The van der Waals surface area contributed by atoms with Gasteiger partial charge in [-0.15, -0.1) is 0 Å². The second-order valence-electron chi connectivity index (χ2n) is 7.93. The molecular weight excluding hydrogens is 340 g/mol. The molecule has 2 unspecified atom stereocenters. The Hall–Kier alpha value is -2.82.